The fourth-order valence-corrected chi connectivity index (χ4v) is 17.7. The molecule has 20 rings (SSSR count). The highest BCUT2D eigenvalue weighted by Crippen LogP contribution is 2.50. The van der Waals surface area contributed by atoms with Gasteiger partial charge in [-0.15, -0.1) is 0 Å². The third-order valence-corrected chi connectivity index (χ3v) is 25.3. The molecule has 20 aromatic rings. The Morgan fingerprint density at radius 1 is 0.117 bits per heavy atom. The maximum atomic E-state index is 11.4. The zero-order chi connectivity index (χ0) is 103. The Kier molecular flexibility index (Phi) is 29.3. The molecule has 0 aliphatic rings. The molecule has 0 aromatic heterocycles. The Bertz CT molecular complexity index is 8110. The molecule has 25 N–H and O–H groups in total. The standard InChI is InChI=1S/C31H26O6.3C24H20O5.C17H14O4/c32-23-7-1-18(2-8-23)13-21-17-28(35)31(37)29-26(21)16-22(14-19-3-9-24(33)10-4-19)30(36)27(29)15-20-5-11-25(34)12-6-20;25-18-6-1-14(2-7-18)11-17-13-16-5-10-21(27)24(29)22(16)20(23(17)28)12-15-3-8-19(26)9-4-15;25-18-6-1-14(2-7-18)11-17-13-16-5-10-21(27)20(22(16)24(29)23(17)28)12-15-3-8-19(26)9-4-15;25-16-5-1-14(2-6-16)11-20-19-10-9-18(27)13-22(19)24(29)23(28)21(20)12-15-3-7-17(26)8-4-15;18-13-4-1-10(2-5-13)7-12-8-11-3-6-15(19)17(21)14(11)9-16(12)20/h1-12,16-17,32-37H,13-15H2;3*1-10,13,25-29H,11-12H2;1-6,8-9,18-21H,7H2. The first-order valence-corrected chi connectivity index (χ1v) is 45.8. The number of phenols is 25. The predicted molar refractivity (Wildman–Crippen MR) is 554 cm³/mol. The minimum Gasteiger partial charge on any atom is -0.508 e. The molecular formula is C120H100O25. The Morgan fingerprint density at radius 2 is 0.400 bits per heavy atom. The molecule has 0 amide bonds. The average molecular weight is 1940 g/mol. The third kappa shape index (κ3) is 23.2. The summed E-state index contributed by atoms with van der Waals surface area (Å²) in [6, 6.07) is 91.3. The largest absolute Gasteiger partial charge is 0.508 e. The quantitative estimate of drug-likeness (QED) is 0.0315. The van der Waals surface area contributed by atoms with Crippen molar-refractivity contribution >= 4 is 53.9 Å². The van der Waals surface area contributed by atoms with Crippen LogP contribution in [-0.2, 0) is 64.2 Å². The lowest BCUT2D eigenvalue weighted by Crippen LogP contribution is -2.00. The van der Waals surface area contributed by atoms with Gasteiger partial charge in [-0.1, -0.05) is 146 Å². The maximum absolute atomic E-state index is 11.4. The summed E-state index contributed by atoms with van der Waals surface area (Å²) in [5.41, 5.74) is 14.9. The summed E-state index contributed by atoms with van der Waals surface area (Å²) < 4.78 is 0. The van der Waals surface area contributed by atoms with Gasteiger partial charge in [-0.2, -0.15) is 0 Å². The lowest BCUT2D eigenvalue weighted by Gasteiger charge is -2.19. The van der Waals surface area contributed by atoms with Crippen LogP contribution in [0.4, 0.5) is 0 Å². The smallest absolute Gasteiger partial charge is 0.166 e. The van der Waals surface area contributed by atoms with Crippen molar-refractivity contribution in [2.24, 2.45) is 0 Å². The van der Waals surface area contributed by atoms with Crippen molar-refractivity contribution in [3.8, 4) is 144 Å². The predicted octanol–water partition coefficient (Wildman–Crippen LogP) is 22.7. The van der Waals surface area contributed by atoms with Crippen LogP contribution in [0, 0.1) is 0 Å². The van der Waals surface area contributed by atoms with Crippen LogP contribution in [-0.4, -0.2) is 128 Å². The van der Waals surface area contributed by atoms with Gasteiger partial charge >= 0.3 is 0 Å². The normalized spacial score (nSPS) is 11.0. The Morgan fingerprint density at radius 3 is 0.793 bits per heavy atom. The van der Waals surface area contributed by atoms with Gasteiger partial charge in [0.15, 0.2) is 57.5 Å². The molecule has 25 heteroatoms. The minimum atomic E-state index is -0.315. The second-order valence-electron chi connectivity index (χ2n) is 35.4. The lowest BCUT2D eigenvalue weighted by atomic mass is 9.88. The summed E-state index contributed by atoms with van der Waals surface area (Å²) in [5, 5.41) is 258. The van der Waals surface area contributed by atoms with Crippen LogP contribution < -0.4 is 0 Å². The van der Waals surface area contributed by atoms with E-state index in [2.05, 4.69) is 0 Å². The SMILES string of the molecule is Oc1ccc(Cc2c(O)c(O)c3cc(O)ccc3c2Cc2ccc(O)cc2)cc1.Oc1ccc(Cc2cc3c(Cc4ccc(O)cc4)cc(O)c(O)c3c(Cc3ccc(O)cc3)c2O)cc1.Oc1ccc(Cc2cc3ccc(O)c(Cc4ccc(O)cc4)c3c(O)c2O)cc1.Oc1ccc(Cc2cc3ccc(O)c(O)c3c(Cc3ccc(O)cc3)c2O)cc1.Oc1ccc(Cc2cc3ccc(O)c(O)c3cc2O)cc1. The monoisotopic (exact) mass is 1940 g/mol. The molecule has 0 radical (unpaired) electrons. The molecule has 0 fully saturated rings. The summed E-state index contributed by atoms with van der Waals surface area (Å²) in [6.45, 7) is 0. The van der Waals surface area contributed by atoms with Gasteiger partial charge in [0.2, 0.25) is 0 Å². The molecule has 25 nitrogen and oxygen atoms in total. The van der Waals surface area contributed by atoms with Crippen molar-refractivity contribution in [3.63, 3.8) is 0 Å². The zero-order valence-corrected chi connectivity index (χ0v) is 77.5. The van der Waals surface area contributed by atoms with E-state index >= 15 is 0 Å². The highest BCUT2D eigenvalue weighted by atomic mass is 16.3. The van der Waals surface area contributed by atoms with Gasteiger partial charge in [-0.05, 0) is 311 Å². The van der Waals surface area contributed by atoms with Gasteiger partial charge in [0.1, 0.15) is 86.2 Å². The highest BCUT2D eigenvalue weighted by Gasteiger charge is 2.27. The number of fused-ring (bicyclic) bond motifs is 5. The summed E-state index contributed by atoms with van der Waals surface area (Å²) in [4.78, 5) is 0. The van der Waals surface area contributed by atoms with Gasteiger partial charge in [-0.3, -0.25) is 0 Å². The first-order valence-electron chi connectivity index (χ1n) is 45.8. The molecule has 0 atom stereocenters. The summed E-state index contributed by atoms with van der Waals surface area (Å²) in [6.07, 6.45) is 3.82. The highest BCUT2D eigenvalue weighted by molar-refractivity contribution is 6.01. The van der Waals surface area contributed by atoms with Gasteiger partial charge in [0.25, 0.3) is 0 Å². The van der Waals surface area contributed by atoms with Gasteiger partial charge in [0, 0.05) is 106 Å². The molecule has 730 valence electrons. The number of phenolic OH excluding ortho intramolecular Hbond substituents is 25. The Labute approximate surface area is 829 Å². The van der Waals surface area contributed by atoms with Crippen LogP contribution in [0.2, 0.25) is 0 Å². The van der Waals surface area contributed by atoms with E-state index < -0.39 is 0 Å². The second kappa shape index (κ2) is 43.0. The van der Waals surface area contributed by atoms with E-state index in [0.717, 1.165) is 77.5 Å². The van der Waals surface area contributed by atoms with Gasteiger partial charge in [0.05, 0.1) is 0 Å². The first-order chi connectivity index (χ1) is 69.6. The fraction of sp³-hybridized carbons (Fsp3) is 0.0833. The van der Waals surface area contributed by atoms with Crippen LogP contribution in [0.1, 0.15) is 111 Å². The molecule has 20 aromatic carbocycles. The minimum absolute atomic E-state index is 0.00475. The third-order valence-electron chi connectivity index (χ3n) is 25.3. The van der Waals surface area contributed by atoms with Crippen molar-refractivity contribution in [2.45, 2.75) is 64.2 Å². The number of hydrogen-bond acceptors (Lipinski definition) is 25. The number of hydrogen-bond donors (Lipinski definition) is 25. The van der Waals surface area contributed by atoms with Crippen LogP contribution in [0.3, 0.4) is 0 Å². The summed E-state index contributed by atoms with van der Waals surface area (Å²) in [7, 11) is 0. The number of aromatic hydroxyl groups is 25. The van der Waals surface area contributed by atoms with Crippen molar-refractivity contribution < 1.29 is 128 Å². The topological polar surface area (TPSA) is 506 Å². The second-order valence-corrected chi connectivity index (χ2v) is 35.4. The van der Waals surface area contributed by atoms with Crippen molar-refractivity contribution in [3.05, 3.63) is 445 Å². The van der Waals surface area contributed by atoms with E-state index in [1.807, 2.05) is 6.07 Å². The van der Waals surface area contributed by atoms with Gasteiger partial charge in [-0.25, -0.2) is 0 Å². The average Bonchev–Trinajstić information content (AvgIpc) is 0.712. The van der Waals surface area contributed by atoms with E-state index in [-0.39, 0.29) is 150 Å². The zero-order valence-electron chi connectivity index (χ0n) is 77.5. The molecule has 0 aliphatic carbocycles. The number of benzene rings is 20. The molecule has 0 heterocycles. The van der Waals surface area contributed by atoms with E-state index in [9.17, 15) is 128 Å². The molecular weight excluding hydrogens is 1840 g/mol. The molecule has 0 saturated carbocycles. The Hall–Kier alpha value is -19.3. The molecule has 0 saturated heterocycles. The van der Waals surface area contributed by atoms with Crippen LogP contribution >= 0.6 is 0 Å². The first kappa shape index (κ1) is 98.7. The van der Waals surface area contributed by atoms with Crippen molar-refractivity contribution in [1.29, 1.82) is 0 Å². The van der Waals surface area contributed by atoms with Crippen molar-refractivity contribution in [2.75, 3.05) is 0 Å². The molecule has 0 unspecified atom stereocenters. The molecule has 0 spiro atoms. The van der Waals surface area contributed by atoms with E-state index in [4.69, 9.17) is 0 Å². The van der Waals surface area contributed by atoms with Crippen molar-refractivity contribution in [1.82, 2.24) is 0 Å². The maximum Gasteiger partial charge on any atom is 0.166 e. The summed E-state index contributed by atoms with van der Waals surface area (Å²) >= 11 is 0. The van der Waals surface area contributed by atoms with E-state index in [1.54, 1.807) is 297 Å². The fourth-order valence-electron chi connectivity index (χ4n) is 17.7. The lowest BCUT2D eigenvalue weighted by molar-refractivity contribution is 0.403. The number of rotatable bonds is 20. The van der Waals surface area contributed by atoms with Crippen LogP contribution in [0.15, 0.2) is 334 Å². The van der Waals surface area contributed by atoms with Crippen LogP contribution in [0.5, 0.6) is 144 Å². The Balaban J connectivity index is 0.000000131. The van der Waals surface area contributed by atoms with Gasteiger partial charge < -0.3 is 128 Å². The van der Waals surface area contributed by atoms with Crippen LogP contribution in [0.25, 0.3) is 53.9 Å². The molecule has 145 heavy (non-hydrogen) atoms. The molecule has 0 bridgehead atoms. The van der Waals surface area contributed by atoms with E-state index in [0.29, 0.717) is 145 Å². The van der Waals surface area contributed by atoms with E-state index in [1.165, 1.54) is 30.3 Å². The molecule has 0 aliphatic heterocycles. The summed E-state index contributed by atoms with van der Waals surface area (Å²) in [5.74, 6) is -0.935.